The highest BCUT2D eigenvalue weighted by atomic mass is 16.5. The Hall–Kier alpha value is -4.26. The molecule has 0 radical (unpaired) electrons. The third-order valence-electron chi connectivity index (χ3n) is 6.59. The number of methoxy groups -OCH3 is 1. The zero-order valence-electron chi connectivity index (χ0n) is 19.8. The molecule has 3 amide bonds. The van der Waals surface area contributed by atoms with Gasteiger partial charge in [0, 0.05) is 53.9 Å². The minimum Gasteiger partial charge on any atom is -0.497 e. The Morgan fingerprint density at radius 3 is 2.63 bits per heavy atom. The average molecular weight is 469 g/mol. The first-order valence-electron chi connectivity index (χ1n) is 11.7. The van der Waals surface area contributed by atoms with Gasteiger partial charge in [-0.2, -0.15) is 0 Å². The van der Waals surface area contributed by atoms with E-state index in [1.807, 2.05) is 67.7 Å². The van der Waals surface area contributed by atoms with E-state index in [9.17, 15) is 9.59 Å². The number of hydrogen-bond donors (Lipinski definition) is 3. The third-order valence-corrected chi connectivity index (χ3v) is 6.59. The molecule has 1 aromatic heterocycles. The van der Waals surface area contributed by atoms with Gasteiger partial charge in [0.2, 0.25) is 0 Å². The lowest BCUT2D eigenvalue weighted by Gasteiger charge is -2.20. The van der Waals surface area contributed by atoms with E-state index >= 15 is 0 Å². The number of amides is 3. The van der Waals surface area contributed by atoms with Gasteiger partial charge >= 0.3 is 6.03 Å². The van der Waals surface area contributed by atoms with Crippen LogP contribution in [0.15, 0.2) is 72.9 Å². The van der Waals surface area contributed by atoms with Crippen LogP contribution in [0.4, 0.5) is 10.5 Å². The molecule has 178 valence electrons. The molecule has 0 bridgehead atoms. The van der Waals surface area contributed by atoms with Gasteiger partial charge in [0.05, 0.1) is 7.11 Å². The van der Waals surface area contributed by atoms with Crippen LogP contribution in [0.2, 0.25) is 0 Å². The maximum atomic E-state index is 13.1. The summed E-state index contributed by atoms with van der Waals surface area (Å²) >= 11 is 0. The van der Waals surface area contributed by atoms with E-state index in [0.717, 1.165) is 39.0 Å². The predicted octanol–water partition coefficient (Wildman–Crippen LogP) is 4.58. The number of ether oxygens (including phenoxy) is 1. The maximum Gasteiger partial charge on any atom is 0.322 e. The Bertz CT molecular complexity index is 1380. The fourth-order valence-corrected chi connectivity index (χ4v) is 4.72. The number of carbonyl (C=O) groups excluding carboxylic acids is 2. The molecular weight excluding hydrogens is 440 g/mol. The van der Waals surface area contributed by atoms with Gasteiger partial charge in [-0.1, -0.05) is 30.3 Å². The summed E-state index contributed by atoms with van der Waals surface area (Å²) in [6.45, 7) is 3.60. The van der Waals surface area contributed by atoms with Crippen LogP contribution in [0.1, 0.15) is 33.0 Å². The van der Waals surface area contributed by atoms with Crippen LogP contribution >= 0.6 is 0 Å². The number of nitrogens with zero attached hydrogens (tertiary/aromatic N) is 1. The Kier molecular flexibility index (Phi) is 6.14. The molecule has 1 atom stereocenters. The molecule has 0 aliphatic carbocycles. The Labute approximate surface area is 204 Å². The van der Waals surface area contributed by atoms with Crippen LogP contribution in [0.25, 0.3) is 10.9 Å². The monoisotopic (exact) mass is 468 g/mol. The van der Waals surface area contributed by atoms with Gasteiger partial charge in [-0.05, 0) is 60.0 Å². The number of urea groups is 1. The second-order valence-electron chi connectivity index (χ2n) is 8.71. The van der Waals surface area contributed by atoms with Crippen LogP contribution in [-0.2, 0) is 0 Å². The van der Waals surface area contributed by atoms with Crippen LogP contribution in [0.5, 0.6) is 5.75 Å². The van der Waals surface area contributed by atoms with E-state index < -0.39 is 0 Å². The highest BCUT2D eigenvalue weighted by molar-refractivity contribution is 5.98. The Morgan fingerprint density at radius 2 is 1.91 bits per heavy atom. The number of aromatic nitrogens is 1. The largest absolute Gasteiger partial charge is 0.497 e. The van der Waals surface area contributed by atoms with Gasteiger partial charge in [-0.25, -0.2) is 4.79 Å². The summed E-state index contributed by atoms with van der Waals surface area (Å²) in [7, 11) is 1.65. The number of fused-ring (bicyclic) bond motifs is 1. The van der Waals surface area contributed by atoms with Crippen molar-refractivity contribution in [2.45, 2.75) is 12.8 Å². The number of nitrogens with one attached hydrogen (secondary N) is 3. The number of carbonyl (C=O) groups is 2. The zero-order valence-corrected chi connectivity index (χ0v) is 19.8. The summed E-state index contributed by atoms with van der Waals surface area (Å²) < 4.78 is 5.33. The lowest BCUT2D eigenvalue weighted by molar-refractivity contribution is 0.0952. The molecule has 3 aromatic carbocycles. The molecule has 35 heavy (non-hydrogen) atoms. The van der Waals surface area contributed by atoms with Crippen molar-refractivity contribution in [1.82, 2.24) is 15.6 Å². The molecule has 4 aromatic rings. The lowest BCUT2D eigenvalue weighted by atomic mass is 9.90. The second-order valence-corrected chi connectivity index (χ2v) is 8.71. The molecule has 1 unspecified atom stereocenters. The molecule has 1 fully saturated rings. The van der Waals surface area contributed by atoms with E-state index in [1.165, 1.54) is 0 Å². The van der Waals surface area contributed by atoms with Gasteiger partial charge in [0.15, 0.2) is 0 Å². The number of hydrogen-bond acceptors (Lipinski definition) is 3. The second kappa shape index (κ2) is 9.54. The summed E-state index contributed by atoms with van der Waals surface area (Å²) in [5.74, 6) is 0.594. The number of H-pyrrole nitrogens is 1. The van der Waals surface area contributed by atoms with Crippen molar-refractivity contribution in [3.05, 3.63) is 95.2 Å². The van der Waals surface area contributed by atoms with E-state index in [4.69, 9.17) is 4.74 Å². The summed E-state index contributed by atoms with van der Waals surface area (Å²) in [6.07, 6.45) is 2.02. The number of anilines is 1. The average Bonchev–Trinajstić information content (AvgIpc) is 3.51. The van der Waals surface area contributed by atoms with Crippen molar-refractivity contribution in [1.29, 1.82) is 0 Å². The number of rotatable bonds is 7. The van der Waals surface area contributed by atoms with Crippen LogP contribution < -0.4 is 20.3 Å². The van der Waals surface area contributed by atoms with Crippen molar-refractivity contribution in [3.8, 4) is 5.75 Å². The SMILES string of the molecule is COc1ccc(C(CNC(=O)c2ccc(N3CCNC3=O)c(C)c2)c2c[nH]c3ccccc23)cc1. The molecule has 1 aliphatic rings. The van der Waals surface area contributed by atoms with Crippen molar-refractivity contribution in [2.24, 2.45) is 0 Å². The highest BCUT2D eigenvalue weighted by Crippen LogP contribution is 2.31. The molecule has 7 nitrogen and oxygen atoms in total. The molecule has 0 saturated carbocycles. The number of benzene rings is 3. The predicted molar refractivity (Wildman–Crippen MR) is 137 cm³/mol. The fraction of sp³-hybridized carbons (Fsp3) is 0.214. The number of aryl methyl sites for hydroxylation is 1. The quantitative estimate of drug-likeness (QED) is 0.371. The van der Waals surface area contributed by atoms with Gasteiger partial charge in [-0.3, -0.25) is 9.69 Å². The molecule has 7 heteroatoms. The summed E-state index contributed by atoms with van der Waals surface area (Å²) in [6, 6.07) is 21.5. The minimum absolute atomic E-state index is 0.0466. The number of para-hydroxylation sites is 1. The molecule has 5 rings (SSSR count). The molecule has 3 N–H and O–H groups in total. The standard InChI is InChI=1S/C28H28N4O3/c1-18-15-20(9-12-26(18)32-14-13-29-28(32)34)27(33)31-16-23(19-7-10-21(35-2)11-8-19)24-17-30-25-6-4-3-5-22(24)25/h3-12,15,17,23,30H,13-14,16H2,1-2H3,(H,29,34)(H,31,33). The zero-order chi connectivity index (χ0) is 24.4. The van der Waals surface area contributed by atoms with E-state index in [-0.39, 0.29) is 17.9 Å². The number of aromatic amines is 1. The van der Waals surface area contributed by atoms with Crippen molar-refractivity contribution >= 4 is 28.5 Å². The smallest absolute Gasteiger partial charge is 0.322 e. The molecule has 2 heterocycles. The molecular formula is C28H28N4O3. The molecule has 0 spiro atoms. The highest BCUT2D eigenvalue weighted by Gasteiger charge is 2.24. The third kappa shape index (κ3) is 4.45. The van der Waals surface area contributed by atoms with Crippen LogP contribution in [0.3, 0.4) is 0 Å². The first kappa shape index (κ1) is 22.5. The maximum absolute atomic E-state index is 13.1. The first-order valence-corrected chi connectivity index (χ1v) is 11.7. The normalized spacial score (nSPS) is 14.1. The van der Waals surface area contributed by atoms with Crippen LogP contribution in [0, 0.1) is 6.92 Å². The van der Waals surface area contributed by atoms with Gasteiger partial charge in [0.1, 0.15) is 5.75 Å². The van der Waals surface area contributed by atoms with Crippen molar-refractivity contribution in [3.63, 3.8) is 0 Å². The lowest BCUT2D eigenvalue weighted by Crippen LogP contribution is -2.30. The Morgan fingerprint density at radius 1 is 1.11 bits per heavy atom. The van der Waals surface area contributed by atoms with Gasteiger partial charge in [-0.15, -0.1) is 0 Å². The summed E-state index contributed by atoms with van der Waals surface area (Å²) in [5.41, 5.74) is 5.55. The first-order chi connectivity index (χ1) is 17.0. The summed E-state index contributed by atoms with van der Waals surface area (Å²) in [4.78, 5) is 30.2. The minimum atomic E-state index is -0.149. The van der Waals surface area contributed by atoms with E-state index in [1.54, 1.807) is 18.1 Å². The fourth-order valence-electron chi connectivity index (χ4n) is 4.72. The van der Waals surface area contributed by atoms with E-state index in [2.05, 4.69) is 21.7 Å². The molecule has 1 saturated heterocycles. The molecule has 1 aliphatic heterocycles. The van der Waals surface area contributed by atoms with E-state index in [0.29, 0.717) is 25.2 Å². The summed E-state index contributed by atoms with van der Waals surface area (Å²) in [5, 5.41) is 7.07. The van der Waals surface area contributed by atoms with Crippen LogP contribution in [-0.4, -0.2) is 43.7 Å². The van der Waals surface area contributed by atoms with Crippen molar-refractivity contribution < 1.29 is 14.3 Å². The van der Waals surface area contributed by atoms with Gasteiger partial charge in [0.25, 0.3) is 5.91 Å². The van der Waals surface area contributed by atoms with Gasteiger partial charge < -0.3 is 20.4 Å². The van der Waals surface area contributed by atoms with Crippen molar-refractivity contribution in [2.75, 3.05) is 31.6 Å². The Balaban J connectivity index is 1.39. The topological polar surface area (TPSA) is 86.5 Å².